The van der Waals surface area contributed by atoms with Crippen LogP contribution in [0.15, 0.2) is 102 Å². The van der Waals surface area contributed by atoms with E-state index in [9.17, 15) is 36.3 Å². The molecule has 246 valence electrons. The third kappa shape index (κ3) is 11.2. The zero-order chi connectivity index (χ0) is 33.7. The molecule has 10 nitrogen and oxygen atoms in total. The number of halogens is 3. The van der Waals surface area contributed by atoms with Gasteiger partial charge in [-0.3, -0.25) is 4.79 Å². The number of thiophene rings is 1. The van der Waals surface area contributed by atoms with Crippen LogP contribution in [0.5, 0.6) is 0 Å². The van der Waals surface area contributed by atoms with Gasteiger partial charge >= 0.3 is 12.3 Å². The standard InChI is InChI=1S/C18H21F3N4O6S2.C13H12/c1-31-17(28)23-8-15(27)24-16(18(19,20)21)14-7-6-13(32-14)12(9-26)25-33(29,30)11-4-2-10(22)3-5-11;1-3-7-12(8-4-1)11-13-9-5-2-6-10-13/h2-7,12,16,25-26H,8-9,22H2,1H3,(H,23,28)(H,24,27);1-10H,11H2/t12-,16?;/m1./s1. The van der Waals surface area contributed by atoms with Crippen LogP contribution < -0.4 is 21.1 Å². The second kappa shape index (κ2) is 16.7. The maximum atomic E-state index is 13.6. The van der Waals surface area contributed by atoms with Gasteiger partial charge in [-0.2, -0.15) is 13.2 Å². The number of hydrogen-bond acceptors (Lipinski definition) is 8. The van der Waals surface area contributed by atoms with Crippen molar-refractivity contribution in [2.45, 2.75) is 29.6 Å². The average molecular weight is 679 g/mol. The molecule has 6 N–H and O–H groups in total. The summed E-state index contributed by atoms with van der Waals surface area (Å²) in [5.41, 5.74) is 8.60. The second-order valence-corrected chi connectivity index (χ2v) is 12.6. The third-order valence-electron chi connectivity index (χ3n) is 6.25. The van der Waals surface area contributed by atoms with Crippen molar-refractivity contribution in [1.82, 2.24) is 15.4 Å². The van der Waals surface area contributed by atoms with E-state index in [0.29, 0.717) is 17.0 Å². The van der Waals surface area contributed by atoms with Gasteiger partial charge in [-0.1, -0.05) is 60.7 Å². The van der Waals surface area contributed by atoms with Crippen LogP contribution in [-0.2, 0) is 26.0 Å². The first-order valence-electron chi connectivity index (χ1n) is 13.7. The number of nitrogens with one attached hydrogen (secondary N) is 3. The van der Waals surface area contributed by atoms with E-state index < -0.39 is 53.4 Å². The molecule has 0 spiro atoms. The molecule has 15 heteroatoms. The monoisotopic (exact) mass is 678 g/mol. The van der Waals surface area contributed by atoms with Crippen molar-refractivity contribution in [2.24, 2.45) is 0 Å². The van der Waals surface area contributed by atoms with Crippen LogP contribution in [0.25, 0.3) is 0 Å². The first-order chi connectivity index (χ1) is 21.8. The molecule has 0 fully saturated rings. The van der Waals surface area contributed by atoms with Gasteiger partial charge in [0.15, 0.2) is 6.04 Å². The Hall–Kier alpha value is -4.44. The number of alkyl halides is 3. The van der Waals surface area contributed by atoms with E-state index in [4.69, 9.17) is 5.73 Å². The molecule has 0 radical (unpaired) electrons. The van der Waals surface area contributed by atoms with Crippen molar-refractivity contribution in [2.75, 3.05) is 26.0 Å². The van der Waals surface area contributed by atoms with Crippen LogP contribution in [0.2, 0.25) is 0 Å². The molecule has 1 unspecified atom stereocenters. The summed E-state index contributed by atoms with van der Waals surface area (Å²) in [6.45, 7) is -1.49. The molecule has 0 bridgehead atoms. The Balaban J connectivity index is 0.000000365. The molecule has 4 aromatic rings. The summed E-state index contributed by atoms with van der Waals surface area (Å²) in [6, 6.07) is 24.9. The number of hydrogen-bond donors (Lipinski definition) is 5. The van der Waals surface area contributed by atoms with Crippen molar-refractivity contribution >= 4 is 39.0 Å². The van der Waals surface area contributed by atoms with Gasteiger partial charge < -0.3 is 26.2 Å². The number of sulfonamides is 1. The molecule has 3 aromatic carbocycles. The number of methoxy groups -OCH3 is 1. The van der Waals surface area contributed by atoms with E-state index in [-0.39, 0.29) is 14.6 Å². The molecule has 0 aliphatic heterocycles. The molecular formula is C31H33F3N4O6S2. The van der Waals surface area contributed by atoms with Gasteiger partial charge in [-0.25, -0.2) is 17.9 Å². The Morgan fingerprint density at radius 3 is 1.93 bits per heavy atom. The van der Waals surface area contributed by atoms with Gasteiger partial charge in [0.25, 0.3) is 0 Å². The average Bonchev–Trinajstić information content (AvgIpc) is 3.52. The first kappa shape index (κ1) is 36.0. The molecule has 0 saturated carbocycles. The maximum absolute atomic E-state index is 13.6. The molecule has 46 heavy (non-hydrogen) atoms. The number of nitrogens with two attached hydrogens (primary N) is 1. The number of rotatable bonds is 11. The lowest BCUT2D eigenvalue weighted by atomic mass is 10.1. The van der Waals surface area contributed by atoms with Crippen molar-refractivity contribution in [3.05, 3.63) is 118 Å². The number of carbonyl (C=O) groups is 2. The predicted octanol–water partition coefficient (Wildman–Crippen LogP) is 4.70. The summed E-state index contributed by atoms with van der Waals surface area (Å²) in [5, 5.41) is 13.4. The highest BCUT2D eigenvalue weighted by Gasteiger charge is 2.43. The van der Waals surface area contributed by atoms with Gasteiger partial charge in [0.1, 0.15) is 6.54 Å². The largest absolute Gasteiger partial charge is 0.453 e. The summed E-state index contributed by atoms with van der Waals surface area (Å²) < 4.78 is 72.2. The normalized spacial score (nSPS) is 12.6. The van der Waals surface area contributed by atoms with Crippen LogP contribution in [0.1, 0.15) is 33.0 Å². The highest BCUT2D eigenvalue weighted by Crippen LogP contribution is 2.38. The quantitative estimate of drug-likeness (QED) is 0.144. The molecule has 2 atom stereocenters. The number of aliphatic hydroxyl groups excluding tert-OH is 1. The van der Waals surface area contributed by atoms with Crippen LogP contribution in [0.4, 0.5) is 23.7 Å². The number of amides is 2. The number of alkyl carbamates (subject to hydrolysis) is 1. The Morgan fingerprint density at radius 1 is 0.891 bits per heavy atom. The number of ether oxygens (including phenoxy) is 1. The Labute approximate surface area is 268 Å². The first-order valence-corrected chi connectivity index (χ1v) is 16.0. The molecule has 0 aliphatic rings. The van der Waals surface area contributed by atoms with E-state index in [1.807, 2.05) is 5.32 Å². The third-order valence-corrected chi connectivity index (χ3v) is 9.00. The molecule has 4 rings (SSSR count). The van der Waals surface area contributed by atoms with Gasteiger partial charge in [0.05, 0.1) is 24.7 Å². The van der Waals surface area contributed by atoms with Crippen molar-refractivity contribution in [1.29, 1.82) is 0 Å². The van der Waals surface area contributed by atoms with E-state index in [0.717, 1.165) is 19.6 Å². The lowest BCUT2D eigenvalue weighted by Gasteiger charge is -2.21. The fourth-order valence-electron chi connectivity index (χ4n) is 3.98. The summed E-state index contributed by atoms with van der Waals surface area (Å²) in [4.78, 5) is 22.4. The summed E-state index contributed by atoms with van der Waals surface area (Å²) in [6.07, 6.45) is -4.85. The number of carbonyl (C=O) groups excluding carboxylic acids is 2. The summed E-state index contributed by atoms with van der Waals surface area (Å²) in [7, 11) is -3.09. The van der Waals surface area contributed by atoms with Crippen LogP contribution in [-0.4, -0.2) is 52.0 Å². The number of benzene rings is 3. The molecule has 0 saturated heterocycles. The van der Waals surface area contributed by atoms with Crippen LogP contribution in [0, 0.1) is 0 Å². The predicted molar refractivity (Wildman–Crippen MR) is 168 cm³/mol. The summed E-state index contributed by atoms with van der Waals surface area (Å²) in [5.74, 6) is -1.12. The second-order valence-electron chi connectivity index (χ2n) is 9.70. The van der Waals surface area contributed by atoms with Gasteiger partial charge in [-0.05, 0) is 53.9 Å². The smallest absolute Gasteiger partial charge is 0.413 e. The van der Waals surface area contributed by atoms with Crippen molar-refractivity contribution in [3.63, 3.8) is 0 Å². The van der Waals surface area contributed by atoms with Crippen molar-refractivity contribution < 1.29 is 41.0 Å². The lowest BCUT2D eigenvalue weighted by Crippen LogP contribution is -2.43. The molecule has 1 aromatic heterocycles. The fourth-order valence-corrected chi connectivity index (χ4v) is 6.39. The van der Waals surface area contributed by atoms with Gasteiger partial charge in [0.2, 0.25) is 15.9 Å². The van der Waals surface area contributed by atoms with Gasteiger partial charge in [0, 0.05) is 15.4 Å². The number of aliphatic hydroxyl groups is 1. The minimum absolute atomic E-state index is 0.0858. The van der Waals surface area contributed by atoms with Gasteiger partial charge in [-0.15, -0.1) is 11.3 Å². The maximum Gasteiger partial charge on any atom is 0.413 e. The van der Waals surface area contributed by atoms with E-state index in [1.165, 1.54) is 41.5 Å². The Bertz CT molecular complexity index is 1620. The molecular weight excluding hydrogens is 645 g/mol. The highest BCUT2D eigenvalue weighted by molar-refractivity contribution is 7.89. The minimum atomic E-state index is -4.89. The van der Waals surface area contributed by atoms with Crippen LogP contribution >= 0.6 is 11.3 Å². The topological polar surface area (TPSA) is 160 Å². The van der Waals surface area contributed by atoms with E-state index in [2.05, 4.69) is 70.1 Å². The zero-order valence-electron chi connectivity index (χ0n) is 24.5. The Morgan fingerprint density at radius 2 is 1.43 bits per heavy atom. The van der Waals surface area contributed by atoms with Crippen molar-refractivity contribution in [3.8, 4) is 0 Å². The summed E-state index contributed by atoms with van der Waals surface area (Å²) >= 11 is 0.556. The van der Waals surface area contributed by atoms with E-state index in [1.54, 1.807) is 5.32 Å². The Kier molecular flexibility index (Phi) is 13.1. The number of anilines is 1. The molecule has 2 amide bonds. The SMILES string of the molecule is COC(=O)NCC(=O)NC(c1ccc([C@@H](CO)NS(=O)(=O)c2ccc(N)cc2)s1)C(F)(F)F.c1ccc(Cc2ccccc2)cc1. The fraction of sp³-hybridized carbons (Fsp3) is 0.226. The van der Waals surface area contributed by atoms with Crippen LogP contribution in [0.3, 0.4) is 0 Å². The molecule has 1 heterocycles. The number of nitrogen functional groups attached to an aromatic ring is 1. The lowest BCUT2D eigenvalue weighted by molar-refractivity contribution is -0.162. The highest BCUT2D eigenvalue weighted by atomic mass is 32.2. The van der Waals surface area contributed by atoms with E-state index >= 15 is 0 Å². The zero-order valence-corrected chi connectivity index (χ0v) is 26.2. The minimum Gasteiger partial charge on any atom is -0.453 e. The molecule has 0 aliphatic carbocycles.